The number of nitrogens with one attached hydrogen (secondary N) is 1. The summed E-state index contributed by atoms with van der Waals surface area (Å²) in [6, 6.07) is 17.8. The fraction of sp³-hybridized carbons (Fsp3) is 0.258. The van der Waals surface area contributed by atoms with E-state index in [-0.39, 0.29) is 22.9 Å². The van der Waals surface area contributed by atoms with Gasteiger partial charge < -0.3 is 9.67 Å². The molecule has 0 aliphatic carbocycles. The zero-order chi connectivity index (χ0) is 28.9. The Labute approximate surface area is 242 Å². The Hall–Kier alpha value is -4.05. The van der Waals surface area contributed by atoms with Crippen LogP contribution in [0.25, 0.3) is 11.4 Å². The van der Waals surface area contributed by atoms with E-state index < -0.39 is 17.4 Å². The summed E-state index contributed by atoms with van der Waals surface area (Å²) in [5.41, 5.74) is 3.53. The monoisotopic (exact) mass is 573 g/mol. The first kappa shape index (κ1) is 27.1. The summed E-state index contributed by atoms with van der Waals surface area (Å²) in [6.45, 7) is 4.14. The third-order valence-corrected chi connectivity index (χ3v) is 8.23. The smallest absolute Gasteiger partial charge is 0.329 e. The molecule has 1 saturated heterocycles. The van der Waals surface area contributed by atoms with Crippen LogP contribution in [0, 0.1) is 5.82 Å². The average Bonchev–Trinajstić information content (AvgIpc) is 3.51. The number of benzene rings is 3. The van der Waals surface area contributed by atoms with E-state index in [1.54, 1.807) is 19.2 Å². The van der Waals surface area contributed by atoms with Crippen LogP contribution in [-0.4, -0.2) is 38.0 Å². The molecule has 1 atom stereocenters. The Morgan fingerprint density at radius 3 is 2.56 bits per heavy atom. The number of aromatic nitrogens is 2. The number of aliphatic hydroxyl groups is 1. The fourth-order valence-corrected chi connectivity index (χ4v) is 6.07. The van der Waals surface area contributed by atoms with Crippen LogP contribution in [0.5, 0.6) is 0 Å². The Balaban J connectivity index is 1.15. The second kappa shape index (κ2) is 10.4. The van der Waals surface area contributed by atoms with E-state index in [1.807, 2.05) is 41.9 Å². The molecule has 0 spiro atoms. The summed E-state index contributed by atoms with van der Waals surface area (Å²) < 4.78 is 16.4. The molecule has 0 saturated carbocycles. The first-order valence-electron chi connectivity index (χ1n) is 13.4. The van der Waals surface area contributed by atoms with Crippen molar-refractivity contribution in [3.63, 3.8) is 0 Å². The number of carbonyl (C=O) groups is 2. The molecule has 2 N–H and O–H groups in total. The molecule has 8 nitrogen and oxygen atoms in total. The minimum Gasteiger partial charge on any atom is -0.381 e. The second-order valence-corrected chi connectivity index (χ2v) is 11.2. The molecule has 6 rings (SSSR count). The van der Waals surface area contributed by atoms with Crippen LogP contribution < -0.4 is 10.2 Å². The largest absolute Gasteiger partial charge is 0.381 e. The van der Waals surface area contributed by atoms with Gasteiger partial charge in [0.05, 0.1) is 6.20 Å². The summed E-state index contributed by atoms with van der Waals surface area (Å²) in [4.78, 5) is 32.3. The van der Waals surface area contributed by atoms with E-state index in [0.29, 0.717) is 24.5 Å². The van der Waals surface area contributed by atoms with Gasteiger partial charge in [-0.15, -0.1) is 0 Å². The molecule has 3 amide bonds. The van der Waals surface area contributed by atoms with Crippen molar-refractivity contribution < 1.29 is 19.1 Å². The van der Waals surface area contributed by atoms with Crippen molar-refractivity contribution in [3.8, 4) is 11.4 Å². The number of imidazole rings is 1. The Morgan fingerprint density at radius 1 is 1.07 bits per heavy atom. The molecule has 4 aromatic rings. The SMILES string of the molecule is Cn1c(N2CCC(=O)NC2=O)cnc1-c1ccc2c(c1)CN(Cc1ccc(C(C)(O)c3c(F)cccc3Cl)cc1)C2. The highest BCUT2D eigenvalue weighted by Crippen LogP contribution is 2.36. The number of anilines is 1. The van der Waals surface area contributed by atoms with Crippen LogP contribution in [0.3, 0.4) is 0 Å². The number of nitrogens with zero attached hydrogens (tertiary/aromatic N) is 4. The van der Waals surface area contributed by atoms with E-state index in [2.05, 4.69) is 27.3 Å². The lowest BCUT2D eigenvalue weighted by Crippen LogP contribution is -2.50. The number of hydrogen-bond donors (Lipinski definition) is 2. The number of fused-ring (bicyclic) bond motifs is 1. The summed E-state index contributed by atoms with van der Waals surface area (Å²) in [5.74, 6) is 0.554. The summed E-state index contributed by atoms with van der Waals surface area (Å²) in [5, 5.41) is 13.7. The number of imide groups is 1. The molecular formula is C31H29ClFN5O3. The van der Waals surface area contributed by atoms with Gasteiger partial charge in [-0.2, -0.15) is 0 Å². The topological polar surface area (TPSA) is 90.7 Å². The van der Waals surface area contributed by atoms with E-state index in [4.69, 9.17) is 11.6 Å². The minimum absolute atomic E-state index is 0.0642. The Morgan fingerprint density at radius 2 is 1.83 bits per heavy atom. The zero-order valence-electron chi connectivity index (χ0n) is 22.7. The molecule has 1 fully saturated rings. The average molecular weight is 574 g/mol. The molecule has 2 aliphatic heterocycles. The van der Waals surface area contributed by atoms with Gasteiger partial charge in [0.2, 0.25) is 5.91 Å². The normalized spacial score (nSPS) is 17.0. The van der Waals surface area contributed by atoms with Crippen LogP contribution in [0.2, 0.25) is 5.02 Å². The third kappa shape index (κ3) is 5.01. The first-order chi connectivity index (χ1) is 19.6. The highest BCUT2D eigenvalue weighted by atomic mass is 35.5. The van der Waals surface area contributed by atoms with Crippen molar-refractivity contribution in [1.29, 1.82) is 0 Å². The number of carbonyl (C=O) groups excluding carboxylic acids is 2. The van der Waals surface area contributed by atoms with Gasteiger partial charge in [0, 0.05) is 55.8 Å². The van der Waals surface area contributed by atoms with Gasteiger partial charge in [-0.25, -0.2) is 14.2 Å². The quantitative estimate of drug-likeness (QED) is 0.335. The second-order valence-electron chi connectivity index (χ2n) is 10.7. The number of halogens is 2. The Bertz CT molecular complexity index is 1650. The molecule has 210 valence electrons. The predicted molar refractivity (Wildman–Crippen MR) is 154 cm³/mol. The molecule has 10 heteroatoms. The first-order valence-corrected chi connectivity index (χ1v) is 13.7. The summed E-state index contributed by atoms with van der Waals surface area (Å²) in [6.07, 6.45) is 1.91. The standard InChI is InChI=1S/C31H29ClFN5O3/c1-31(41,28-24(32)4-3-5-25(28)33)23-10-6-19(7-11-23)16-37-17-21-9-8-20(14-22(21)18-37)29-34-15-27(36(29)2)38-13-12-26(39)35-30(38)40/h3-11,14-15,41H,12-13,16-18H2,1-2H3,(H,35,39,40). The van der Waals surface area contributed by atoms with Gasteiger partial charge >= 0.3 is 6.03 Å². The molecule has 41 heavy (non-hydrogen) atoms. The van der Waals surface area contributed by atoms with Crippen LogP contribution in [0.1, 0.15) is 41.2 Å². The van der Waals surface area contributed by atoms with Crippen molar-refractivity contribution in [3.05, 3.63) is 106 Å². The number of hydrogen-bond acceptors (Lipinski definition) is 5. The minimum atomic E-state index is -1.57. The lowest BCUT2D eigenvalue weighted by Gasteiger charge is -2.26. The molecule has 1 aromatic heterocycles. The van der Waals surface area contributed by atoms with Crippen LogP contribution in [0.4, 0.5) is 15.0 Å². The zero-order valence-corrected chi connectivity index (χ0v) is 23.5. The molecular weight excluding hydrogens is 545 g/mol. The van der Waals surface area contributed by atoms with Crippen LogP contribution in [0.15, 0.2) is 66.9 Å². The maximum atomic E-state index is 14.5. The maximum Gasteiger partial charge on any atom is 0.329 e. The van der Waals surface area contributed by atoms with Crippen molar-refractivity contribution in [2.24, 2.45) is 7.05 Å². The van der Waals surface area contributed by atoms with Gasteiger partial charge in [0.1, 0.15) is 23.1 Å². The molecule has 3 heterocycles. The van der Waals surface area contributed by atoms with Crippen molar-refractivity contribution >= 4 is 29.4 Å². The van der Waals surface area contributed by atoms with Crippen molar-refractivity contribution in [2.75, 3.05) is 11.4 Å². The van der Waals surface area contributed by atoms with Crippen LogP contribution >= 0.6 is 11.6 Å². The number of amides is 3. The van der Waals surface area contributed by atoms with E-state index in [0.717, 1.165) is 30.0 Å². The Kier molecular flexibility index (Phi) is 6.89. The lowest BCUT2D eigenvalue weighted by atomic mass is 9.87. The molecule has 0 radical (unpaired) electrons. The van der Waals surface area contributed by atoms with E-state index >= 15 is 0 Å². The van der Waals surface area contributed by atoms with Gasteiger partial charge in [0.25, 0.3) is 0 Å². The molecule has 1 unspecified atom stereocenters. The van der Waals surface area contributed by atoms with Gasteiger partial charge in [0.15, 0.2) is 0 Å². The van der Waals surface area contributed by atoms with Crippen molar-refractivity contribution in [1.82, 2.24) is 19.8 Å². The molecule has 3 aromatic carbocycles. The number of urea groups is 1. The van der Waals surface area contributed by atoms with Gasteiger partial charge in [-0.1, -0.05) is 54.1 Å². The molecule has 0 bridgehead atoms. The maximum absolute atomic E-state index is 14.5. The highest BCUT2D eigenvalue weighted by molar-refractivity contribution is 6.31. The number of rotatable bonds is 6. The van der Waals surface area contributed by atoms with E-state index in [9.17, 15) is 19.1 Å². The summed E-state index contributed by atoms with van der Waals surface area (Å²) in [7, 11) is 1.86. The van der Waals surface area contributed by atoms with E-state index in [1.165, 1.54) is 28.2 Å². The van der Waals surface area contributed by atoms with Gasteiger partial charge in [-0.05, 0) is 47.4 Å². The fourth-order valence-electron chi connectivity index (χ4n) is 5.72. The summed E-state index contributed by atoms with van der Waals surface area (Å²) >= 11 is 6.22. The lowest BCUT2D eigenvalue weighted by molar-refractivity contribution is -0.120. The third-order valence-electron chi connectivity index (χ3n) is 7.92. The van der Waals surface area contributed by atoms with Crippen molar-refractivity contribution in [2.45, 2.75) is 38.6 Å². The van der Waals surface area contributed by atoms with Gasteiger partial charge in [-0.3, -0.25) is 19.9 Å². The molecule has 2 aliphatic rings. The van der Waals surface area contributed by atoms with Crippen LogP contribution in [-0.2, 0) is 37.1 Å². The highest BCUT2D eigenvalue weighted by Gasteiger charge is 2.31. The predicted octanol–water partition coefficient (Wildman–Crippen LogP) is 5.10.